The van der Waals surface area contributed by atoms with E-state index in [9.17, 15) is 19.2 Å². The SMILES string of the molecule is O=C1CCC(N2Cc3cc(F)c(N4CCC(CCN5CCN(c6cccc(-c7cnc8[nH]cc(C9CC9)c8c7Cl)c6)C(=O)C5)CC4)cc3C2=O)C(=O)N1. The van der Waals surface area contributed by atoms with E-state index in [1.807, 2.05) is 46.5 Å². The van der Waals surface area contributed by atoms with Gasteiger partial charge >= 0.3 is 0 Å². The minimum Gasteiger partial charge on any atom is -0.369 e. The highest BCUT2D eigenvalue weighted by Crippen LogP contribution is 2.46. The molecule has 0 radical (unpaired) electrons. The number of carbonyl (C=O) groups is 4. The highest BCUT2D eigenvalue weighted by atomic mass is 35.5. The van der Waals surface area contributed by atoms with Crippen LogP contribution in [-0.4, -0.2) is 88.7 Å². The number of hydrogen-bond acceptors (Lipinski definition) is 7. The van der Waals surface area contributed by atoms with Gasteiger partial charge in [0.1, 0.15) is 17.5 Å². The fourth-order valence-electron chi connectivity index (χ4n) is 8.67. The van der Waals surface area contributed by atoms with Crippen molar-refractivity contribution in [3.63, 3.8) is 0 Å². The molecule has 3 saturated heterocycles. The molecule has 2 N–H and O–H groups in total. The van der Waals surface area contributed by atoms with E-state index < -0.39 is 11.9 Å². The number of fused-ring (bicyclic) bond motifs is 2. The number of imide groups is 1. The van der Waals surface area contributed by atoms with Crippen LogP contribution in [0.25, 0.3) is 22.2 Å². The monoisotopic (exact) mass is 737 g/mol. The second-order valence-electron chi connectivity index (χ2n) is 15.2. The van der Waals surface area contributed by atoms with Crippen LogP contribution in [0.2, 0.25) is 5.02 Å². The fraction of sp³-hybridized carbons (Fsp3) is 0.425. The van der Waals surface area contributed by atoms with E-state index in [1.165, 1.54) is 29.4 Å². The molecule has 1 saturated carbocycles. The fourth-order valence-corrected chi connectivity index (χ4v) is 9.03. The van der Waals surface area contributed by atoms with Gasteiger partial charge in [-0.25, -0.2) is 9.37 Å². The Morgan fingerprint density at radius 3 is 2.53 bits per heavy atom. The quantitative estimate of drug-likeness (QED) is 0.226. The molecule has 4 amide bonds. The zero-order valence-electron chi connectivity index (χ0n) is 29.4. The maximum absolute atomic E-state index is 15.4. The Labute approximate surface area is 311 Å². The van der Waals surface area contributed by atoms with Crippen LogP contribution in [0.5, 0.6) is 0 Å². The second kappa shape index (κ2) is 13.6. The zero-order valence-corrected chi connectivity index (χ0v) is 30.1. The zero-order chi connectivity index (χ0) is 36.4. The van der Waals surface area contributed by atoms with Gasteiger partial charge in [-0.05, 0) is 97.9 Å². The number of anilines is 2. The van der Waals surface area contributed by atoms with Gasteiger partial charge in [-0.2, -0.15) is 0 Å². The summed E-state index contributed by atoms with van der Waals surface area (Å²) in [6.45, 7) is 4.06. The summed E-state index contributed by atoms with van der Waals surface area (Å²) in [5.74, 6) is -0.417. The summed E-state index contributed by atoms with van der Waals surface area (Å²) in [4.78, 5) is 66.3. The Bertz CT molecular complexity index is 2160. The Hall–Kier alpha value is -4.81. The average Bonchev–Trinajstić information content (AvgIpc) is 3.83. The summed E-state index contributed by atoms with van der Waals surface area (Å²) in [6.07, 6.45) is 9.38. The molecule has 274 valence electrons. The Morgan fingerprint density at radius 2 is 1.75 bits per heavy atom. The number of rotatable bonds is 8. The molecule has 4 aromatic rings. The van der Waals surface area contributed by atoms with Crippen molar-refractivity contribution in [3.05, 3.63) is 76.3 Å². The third-order valence-electron chi connectivity index (χ3n) is 11.9. The van der Waals surface area contributed by atoms with Gasteiger partial charge in [0.05, 0.1) is 17.3 Å². The molecular formula is C40H41ClFN7O4. The van der Waals surface area contributed by atoms with Crippen molar-refractivity contribution in [2.45, 2.75) is 63.5 Å². The van der Waals surface area contributed by atoms with Crippen LogP contribution >= 0.6 is 11.6 Å². The number of piperidine rings is 2. The number of halogens is 2. The average molecular weight is 738 g/mol. The number of amides is 4. The summed E-state index contributed by atoms with van der Waals surface area (Å²) >= 11 is 6.99. The minimum absolute atomic E-state index is 0.0716. The first-order valence-electron chi connectivity index (χ1n) is 18.7. The molecule has 0 bridgehead atoms. The number of H-pyrrole nitrogens is 1. The van der Waals surface area contributed by atoms with Crippen LogP contribution in [0, 0.1) is 11.7 Å². The first-order chi connectivity index (χ1) is 25.7. The largest absolute Gasteiger partial charge is 0.369 e. The van der Waals surface area contributed by atoms with E-state index in [1.54, 1.807) is 6.07 Å². The summed E-state index contributed by atoms with van der Waals surface area (Å²) in [5, 5.41) is 4.01. The number of nitrogens with zero attached hydrogens (tertiary/aromatic N) is 5. The molecule has 11 nitrogen and oxygen atoms in total. The molecule has 0 spiro atoms. The molecule has 1 atom stereocenters. The topological polar surface area (TPSA) is 122 Å². The van der Waals surface area contributed by atoms with Crippen molar-refractivity contribution in [2.24, 2.45) is 5.92 Å². The summed E-state index contributed by atoms with van der Waals surface area (Å²) in [7, 11) is 0. The summed E-state index contributed by atoms with van der Waals surface area (Å²) in [5.41, 5.74) is 6.10. The van der Waals surface area contributed by atoms with Crippen molar-refractivity contribution in [1.29, 1.82) is 0 Å². The number of benzene rings is 2. The standard InChI is InChI=1S/C40H41ClFN7O4/c41-37-30(20-44-38-36(37)29(19-43-38)24-4-5-24)25-2-1-3-27(16-25)48-15-14-46(22-35(48)51)11-8-23-9-12-47(13-10-23)33-18-28-26(17-31(33)42)21-49(40(28)53)32-6-7-34(50)45-39(32)52/h1-3,16-20,23-24,32H,4-15,21-22H2,(H,43,44)(H,45,50,52). The number of pyridine rings is 1. The maximum Gasteiger partial charge on any atom is 0.255 e. The molecule has 6 heterocycles. The Balaban J connectivity index is 0.785. The first-order valence-corrected chi connectivity index (χ1v) is 19.1. The highest BCUT2D eigenvalue weighted by Gasteiger charge is 2.40. The molecular weight excluding hydrogens is 697 g/mol. The van der Waals surface area contributed by atoms with Crippen LogP contribution in [0.1, 0.15) is 72.3 Å². The van der Waals surface area contributed by atoms with E-state index in [4.69, 9.17) is 11.6 Å². The van der Waals surface area contributed by atoms with Crippen molar-refractivity contribution >= 4 is 57.6 Å². The number of aromatic nitrogens is 2. The van der Waals surface area contributed by atoms with Crippen molar-refractivity contribution in [1.82, 2.24) is 25.1 Å². The molecule has 9 rings (SSSR count). The van der Waals surface area contributed by atoms with E-state index in [-0.39, 0.29) is 42.9 Å². The molecule has 2 aromatic carbocycles. The van der Waals surface area contributed by atoms with Gasteiger partial charge in [0.25, 0.3) is 5.91 Å². The smallest absolute Gasteiger partial charge is 0.255 e. The van der Waals surface area contributed by atoms with Gasteiger partial charge in [0, 0.05) is 73.7 Å². The third kappa shape index (κ3) is 6.35. The first kappa shape index (κ1) is 34.0. The van der Waals surface area contributed by atoms with Crippen LogP contribution < -0.4 is 15.1 Å². The van der Waals surface area contributed by atoms with Gasteiger partial charge in [-0.15, -0.1) is 0 Å². The molecule has 4 aliphatic heterocycles. The van der Waals surface area contributed by atoms with Gasteiger partial charge in [-0.1, -0.05) is 23.7 Å². The predicted molar refractivity (Wildman–Crippen MR) is 199 cm³/mol. The Kier molecular flexibility index (Phi) is 8.69. The molecule has 1 aliphatic carbocycles. The van der Waals surface area contributed by atoms with Crippen molar-refractivity contribution in [2.75, 3.05) is 49.1 Å². The third-order valence-corrected chi connectivity index (χ3v) is 12.2. The Morgan fingerprint density at radius 1 is 0.925 bits per heavy atom. The lowest BCUT2D eigenvalue weighted by Crippen LogP contribution is -2.52. The van der Waals surface area contributed by atoms with Crippen LogP contribution in [0.4, 0.5) is 15.8 Å². The highest BCUT2D eigenvalue weighted by molar-refractivity contribution is 6.38. The van der Waals surface area contributed by atoms with Gasteiger partial charge in [0.2, 0.25) is 17.7 Å². The molecule has 53 heavy (non-hydrogen) atoms. The predicted octanol–water partition coefficient (Wildman–Crippen LogP) is 5.62. The summed E-state index contributed by atoms with van der Waals surface area (Å²) < 4.78 is 15.4. The number of hydrogen-bond donors (Lipinski definition) is 2. The van der Waals surface area contributed by atoms with E-state index in [0.717, 1.165) is 60.2 Å². The normalized spacial score (nSPS) is 21.5. The summed E-state index contributed by atoms with van der Waals surface area (Å²) in [6, 6.07) is 10.3. The maximum atomic E-state index is 15.4. The van der Waals surface area contributed by atoms with Crippen LogP contribution in [0.15, 0.2) is 48.8 Å². The van der Waals surface area contributed by atoms with Gasteiger partial charge in [0.15, 0.2) is 0 Å². The lowest BCUT2D eigenvalue weighted by molar-refractivity contribution is -0.137. The number of nitrogens with one attached hydrogen (secondary N) is 2. The van der Waals surface area contributed by atoms with E-state index >= 15 is 4.39 Å². The molecule has 2 aromatic heterocycles. The number of piperazine rings is 1. The van der Waals surface area contributed by atoms with Crippen LogP contribution in [0.3, 0.4) is 0 Å². The van der Waals surface area contributed by atoms with Crippen LogP contribution in [-0.2, 0) is 20.9 Å². The lowest BCUT2D eigenvalue weighted by atomic mass is 9.92. The molecule has 4 fully saturated rings. The number of aromatic amines is 1. The second-order valence-corrected chi connectivity index (χ2v) is 15.6. The van der Waals surface area contributed by atoms with Crippen molar-refractivity contribution < 1.29 is 23.6 Å². The van der Waals surface area contributed by atoms with Gasteiger partial charge in [-0.3, -0.25) is 29.4 Å². The number of carbonyl (C=O) groups excluding carboxylic acids is 4. The molecule has 13 heteroatoms. The van der Waals surface area contributed by atoms with E-state index in [0.29, 0.717) is 59.9 Å². The minimum atomic E-state index is -0.729. The molecule has 1 unspecified atom stereocenters. The van der Waals surface area contributed by atoms with Crippen molar-refractivity contribution in [3.8, 4) is 11.1 Å². The van der Waals surface area contributed by atoms with Gasteiger partial charge < -0.3 is 19.7 Å². The van der Waals surface area contributed by atoms with E-state index in [2.05, 4.69) is 20.2 Å². The lowest BCUT2D eigenvalue weighted by Gasteiger charge is -2.37. The molecule has 5 aliphatic rings.